The van der Waals surface area contributed by atoms with Gasteiger partial charge in [0.25, 0.3) is 0 Å². The first-order valence-corrected chi connectivity index (χ1v) is 8.78. The molecule has 0 aromatic heterocycles. The Morgan fingerprint density at radius 2 is 2.14 bits per heavy atom. The molecule has 22 heavy (non-hydrogen) atoms. The first kappa shape index (κ1) is 22.0. The summed E-state index contributed by atoms with van der Waals surface area (Å²) >= 11 is 0. The molecule has 1 aliphatic rings. The summed E-state index contributed by atoms with van der Waals surface area (Å²) in [5.74, 6) is 2.43. The minimum atomic E-state index is 0. The molecule has 1 saturated heterocycles. The van der Waals surface area contributed by atoms with Crippen LogP contribution in [-0.4, -0.2) is 50.8 Å². The summed E-state index contributed by atoms with van der Waals surface area (Å²) in [7, 11) is 2.15. The summed E-state index contributed by atoms with van der Waals surface area (Å²) in [6.07, 6.45) is 6.30. The highest BCUT2D eigenvalue weighted by Crippen LogP contribution is 2.15. The van der Waals surface area contributed by atoms with Gasteiger partial charge in [-0.3, -0.25) is 4.99 Å². The zero-order valence-corrected chi connectivity index (χ0v) is 17.3. The molecule has 1 heterocycles. The van der Waals surface area contributed by atoms with E-state index in [1.54, 1.807) is 0 Å². The lowest BCUT2D eigenvalue weighted by atomic mass is 10.00. The van der Waals surface area contributed by atoms with Crippen molar-refractivity contribution in [2.24, 2.45) is 16.8 Å². The van der Waals surface area contributed by atoms with Crippen LogP contribution in [0.4, 0.5) is 0 Å². The van der Waals surface area contributed by atoms with Crippen LogP contribution in [0.25, 0.3) is 0 Å². The van der Waals surface area contributed by atoms with Crippen molar-refractivity contribution >= 4 is 29.9 Å². The lowest BCUT2D eigenvalue weighted by Gasteiger charge is -2.25. The van der Waals surface area contributed by atoms with Gasteiger partial charge in [0.1, 0.15) is 0 Å². The molecule has 1 aliphatic heterocycles. The van der Waals surface area contributed by atoms with E-state index in [2.05, 4.69) is 38.0 Å². The number of nitrogens with zero attached hydrogens (tertiary/aromatic N) is 2. The summed E-state index contributed by atoms with van der Waals surface area (Å²) in [5.41, 5.74) is 0. The molecule has 4 nitrogen and oxygen atoms in total. The number of aliphatic imine (C=N–C) groups is 1. The minimum absolute atomic E-state index is 0. The number of ether oxygens (including phenoxy) is 1. The largest absolute Gasteiger partial charge is 0.381 e. The Kier molecular flexibility index (Phi) is 13.4. The monoisotopic (exact) mass is 425 g/mol. The first-order chi connectivity index (χ1) is 10.2. The van der Waals surface area contributed by atoms with Crippen LogP contribution in [0.15, 0.2) is 4.99 Å². The maximum atomic E-state index is 5.47. The van der Waals surface area contributed by atoms with Gasteiger partial charge >= 0.3 is 0 Å². The second-order valence-corrected chi connectivity index (χ2v) is 6.22. The van der Waals surface area contributed by atoms with E-state index in [0.29, 0.717) is 5.92 Å². The predicted octanol–water partition coefficient (Wildman–Crippen LogP) is 3.75. The van der Waals surface area contributed by atoms with Crippen LogP contribution in [0.2, 0.25) is 0 Å². The van der Waals surface area contributed by atoms with Gasteiger partial charge in [-0.2, -0.15) is 0 Å². The standard InChI is InChI=1S/C17H35N3O.HI/c1-5-8-9-15(6-2)12-19-17(18-7-3)20(4)13-16-10-11-21-14-16;/h15-16H,5-14H2,1-4H3,(H,18,19);1H. The highest BCUT2D eigenvalue weighted by Gasteiger charge is 2.19. The summed E-state index contributed by atoms with van der Waals surface area (Å²) < 4.78 is 5.47. The SMILES string of the molecule is CCCCC(CC)CN=C(NCC)N(C)CC1CCOC1.I. The number of hydrogen-bond acceptors (Lipinski definition) is 2. The molecule has 1 fully saturated rings. The van der Waals surface area contributed by atoms with E-state index in [4.69, 9.17) is 9.73 Å². The van der Waals surface area contributed by atoms with Crippen molar-refractivity contribution in [2.75, 3.05) is 39.9 Å². The zero-order chi connectivity index (χ0) is 15.5. The van der Waals surface area contributed by atoms with Crippen LogP contribution in [-0.2, 0) is 4.74 Å². The second-order valence-electron chi connectivity index (χ2n) is 6.22. The van der Waals surface area contributed by atoms with Gasteiger partial charge in [0, 0.05) is 39.2 Å². The van der Waals surface area contributed by atoms with E-state index in [9.17, 15) is 0 Å². The molecule has 0 aromatic carbocycles. The number of rotatable bonds is 9. The second kappa shape index (κ2) is 13.4. The van der Waals surface area contributed by atoms with Gasteiger partial charge in [-0.1, -0.05) is 33.1 Å². The van der Waals surface area contributed by atoms with Gasteiger partial charge in [-0.15, -0.1) is 24.0 Å². The predicted molar refractivity (Wildman–Crippen MR) is 106 cm³/mol. The first-order valence-electron chi connectivity index (χ1n) is 8.78. The van der Waals surface area contributed by atoms with Crippen LogP contribution in [0.3, 0.4) is 0 Å². The Hall–Kier alpha value is -0.0400. The Morgan fingerprint density at radius 3 is 2.68 bits per heavy atom. The Morgan fingerprint density at radius 1 is 1.36 bits per heavy atom. The molecule has 0 radical (unpaired) electrons. The van der Waals surface area contributed by atoms with E-state index in [1.165, 1.54) is 32.1 Å². The van der Waals surface area contributed by atoms with E-state index in [-0.39, 0.29) is 24.0 Å². The number of nitrogens with one attached hydrogen (secondary N) is 1. The third-order valence-electron chi connectivity index (χ3n) is 4.30. The van der Waals surface area contributed by atoms with Crippen LogP contribution < -0.4 is 5.32 Å². The molecule has 5 heteroatoms. The lowest BCUT2D eigenvalue weighted by Crippen LogP contribution is -2.41. The van der Waals surface area contributed by atoms with Crippen molar-refractivity contribution in [3.8, 4) is 0 Å². The molecule has 0 amide bonds. The lowest BCUT2D eigenvalue weighted by molar-refractivity contribution is 0.181. The average molecular weight is 425 g/mol. The molecule has 0 aromatic rings. The molecule has 0 saturated carbocycles. The summed E-state index contributed by atoms with van der Waals surface area (Å²) in [4.78, 5) is 7.14. The van der Waals surface area contributed by atoms with Gasteiger partial charge in [0.15, 0.2) is 5.96 Å². The average Bonchev–Trinajstić information content (AvgIpc) is 2.99. The smallest absolute Gasteiger partial charge is 0.193 e. The number of hydrogen-bond donors (Lipinski definition) is 1. The van der Waals surface area contributed by atoms with Gasteiger partial charge in [0.2, 0.25) is 0 Å². The molecule has 2 atom stereocenters. The van der Waals surface area contributed by atoms with Crippen LogP contribution >= 0.6 is 24.0 Å². The fourth-order valence-electron chi connectivity index (χ4n) is 2.80. The molecule has 132 valence electrons. The number of unbranched alkanes of at least 4 members (excludes halogenated alkanes) is 1. The van der Waals surface area contributed by atoms with Crippen molar-refractivity contribution in [1.29, 1.82) is 0 Å². The topological polar surface area (TPSA) is 36.9 Å². The third kappa shape index (κ3) is 8.56. The molecule has 0 spiro atoms. The van der Waals surface area contributed by atoms with Crippen molar-refractivity contribution in [3.63, 3.8) is 0 Å². The molecule has 1 rings (SSSR count). The number of halogens is 1. The quantitative estimate of drug-likeness (QED) is 0.347. The summed E-state index contributed by atoms with van der Waals surface area (Å²) in [6, 6.07) is 0. The normalized spacial score (nSPS) is 19.6. The minimum Gasteiger partial charge on any atom is -0.381 e. The fourth-order valence-corrected chi connectivity index (χ4v) is 2.80. The van der Waals surface area contributed by atoms with Gasteiger partial charge in [-0.05, 0) is 25.7 Å². The highest BCUT2D eigenvalue weighted by atomic mass is 127. The van der Waals surface area contributed by atoms with Crippen LogP contribution in [0.5, 0.6) is 0 Å². The van der Waals surface area contributed by atoms with E-state index >= 15 is 0 Å². The fraction of sp³-hybridized carbons (Fsp3) is 0.941. The van der Waals surface area contributed by atoms with Crippen LogP contribution in [0.1, 0.15) is 52.9 Å². The summed E-state index contributed by atoms with van der Waals surface area (Å²) in [6.45, 7) is 11.4. The molecular formula is C17H36IN3O. The Labute approximate surface area is 154 Å². The molecule has 1 N–H and O–H groups in total. The van der Waals surface area contributed by atoms with E-state index < -0.39 is 0 Å². The highest BCUT2D eigenvalue weighted by molar-refractivity contribution is 14.0. The van der Waals surface area contributed by atoms with Gasteiger partial charge in [-0.25, -0.2) is 0 Å². The molecule has 0 bridgehead atoms. The Balaban J connectivity index is 0.00000441. The molecule has 0 aliphatic carbocycles. The van der Waals surface area contributed by atoms with Crippen molar-refractivity contribution in [1.82, 2.24) is 10.2 Å². The zero-order valence-electron chi connectivity index (χ0n) is 14.9. The van der Waals surface area contributed by atoms with Crippen molar-refractivity contribution < 1.29 is 4.74 Å². The third-order valence-corrected chi connectivity index (χ3v) is 4.30. The van der Waals surface area contributed by atoms with Crippen LogP contribution in [0, 0.1) is 11.8 Å². The van der Waals surface area contributed by atoms with E-state index in [1.807, 2.05) is 0 Å². The van der Waals surface area contributed by atoms with Gasteiger partial charge < -0.3 is 15.0 Å². The van der Waals surface area contributed by atoms with E-state index in [0.717, 1.165) is 44.7 Å². The Bertz CT molecular complexity index is 294. The van der Waals surface area contributed by atoms with Crippen molar-refractivity contribution in [3.05, 3.63) is 0 Å². The molecule has 2 unspecified atom stereocenters. The number of guanidine groups is 1. The van der Waals surface area contributed by atoms with Crippen molar-refractivity contribution in [2.45, 2.75) is 52.9 Å². The maximum absolute atomic E-state index is 5.47. The maximum Gasteiger partial charge on any atom is 0.193 e. The van der Waals surface area contributed by atoms with Gasteiger partial charge in [0.05, 0.1) is 6.61 Å². The summed E-state index contributed by atoms with van der Waals surface area (Å²) in [5, 5.41) is 3.43. The molecular weight excluding hydrogens is 389 g/mol.